The van der Waals surface area contributed by atoms with E-state index in [1.54, 1.807) is 0 Å². The predicted molar refractivity (Wildman–Crippen MR) is 53.1 cm³/mol. The number of hydrogen-bond acceptors (Lipinski definition) is 2. The minimum absolute atomic E-state index is 0.00222. The Morgan fingerprint density at radius 1 is 1.50 bits per heavy atom. The van der Waals surface area contributed by atoms with E-state index in [2.05, 4.69) is 5.32 Å². The van der Waals surface area contributed by atoms with E-state index in [-0.39, 0.29) is 6.04 Å². The maximum absolute atomic E-state index is 11.1. The normalized spacial score (nSPS) is 25.5. The van der Waals surface area contributed by atoms with Crippen LogP contribution < -0.4 is 5.32 Å². The lowest BCUT2D eigenvalue weighted by atomic mass is 9.86. The van der Waals surface area contributed by atoms with Crippen molar-refractivity contribution in [2.24, 2.45) is 0 Å². The zero-order chi connectivity index (χ0) is 10.1. The Morgan fingerprint density at radius 3 is 2.93 bits per heavy atom. The van der Waals surface area contributed by atoms with Crippen molar-refractivity contribution in [1.82, 2.24) is 5.32 Å². The number of carboxylic acids is 1. The first-order valence-electron chi connectivity index (χ1n) is 4.74. The van der Waals surface area contributed by atoms with Crippen molar-refractivity contribution in [2.45, 2.75) is 25.4 Å². The molecule has 14 heavy (non-hydrogen) atoms. The maximum atomic E-state index is 11.1. The molecule has 3 nitrogen and oxygen atoms in total. The van der Waals surface area contributed by atoms with Crippen molar-refractivity contribution in [2.75, 3.05) is 0 Å². The summed E-state index contributed by atoms with van der Waals surface area (Å²) in [5, 5.41) is 12.3. The summed E-state index contributed by atoms with van der Waals surface area (Å²) >= 11 is 0. The molecule has 2 N–H and O–H groups in total. The smallest absolute Gasteiger partial charge is 0.312 e. The highest BCUT2D eigenvalue weighted by molar-refractivity contribution is 5.78. The van der Waals surface area contributed by atoms with Crippen molar-refractivity contribution in [3.63, 3.8) is 0 Å². The minimum atomic E-state index is -0.753. The molecule has 0 saturated carbocycles. The number of benzene rings is 1. The molecule has 1 aromatic rings. The molecule has 0 fully saturated rings. The fraction of sp³-hybridized carbons (Fsp3) is 0.364. The van der Waals surface area contributed by atoms with Gasteiger partial charge in [-0.15, -0.1) is 0 Å². The van der Waals surface area contributed by atoms with Crippen LogP contribution in [-0.4, -0.2) is 17.1 Å². The summed E-state index contributed by atoms with van der Waals surface area (Å²) in [7, 11) is 0. The lowest BCUT2D eigenvalue weighted by molar-refractivity contribution is -0.139. The van der Waals surface area contributed by atoms with Gasteiger partial charge in [0.25, 0.3) is 0 Å². The van der Waals surface area contributed by atoms with E-state index in [9.17, 15) is 4.79 Å². The first kappa shape index (κ1) is 9.21. The Bertz CT molecular complexity index is 362. The second kappa shape index (κ2) is 3.42. The van der Waals surface area contributed by atoms with Gasteiger partial charge in [0.1, 0.15) is 0 Å². The van der Waals surface area contributed by atoms with Crippen LogP contribution in [0.5, 0.6) is 0 Å². The van der Waals surface area contributed by atoms with E-state index < -0.39 is 11.9 Å². The molecule has 1 heterocycles. The first-order chi connectivity index (χ1) is 6.70. The van der Waals surface area contributed by atoms with Crippen molar-refractivity contribution in [1.29, 1.82) is 0 Å². The van der Waals surface area contributed by atoms with Gasteiger partial charge in [-0.3, -0.25) is 4.79 Å². The van der Waals surface area contributed by atoms with Crippen molar-refractivity contribution < 1.29 is 9.90 Å². The Balaban J connectivity index is 2.46. The monoisotopic (exact) mass is 191 g/mol. The predicted octanol–water partition coefficient (Wildman–Crippen LogP) is 1.35. The molecule has 0 aliphatic carbocycles. The van der Waals surface area contributed by atoms with Gasteiger partial charge >= 0.3 is 5.97 Å². The maximum Gasteiger partial charge on any atom is 0.312 e. The Morgan fingerprint density at radius 2 is 2.21 bits per heavy atom. The molecular formula is C11H13NO2. The summed E-state index contributed by atoms with van der Waals surface area (Å²) in [4.78, 5) is 11.1. The molecule has 3 heteroatoms. The number of aliphatic carboxylic acids is 1. The Kier molecular flexibility index (Phi) is 2.25. The molecule has 0 amide bonds. The summed E-state index contributed by atoms with van der Waals surface area (Å²) in [5.41, 5.74) is 2.05. The van der Waals surface area contributed by atoms with Gasteiger partial charge in [-0.25, -0.2) is 0 Å². The molecule has 2 rings (SSSR count). The van der Waals surface area contributed by atoms with Crippen LogP contribution >= 0.6 is 0 Å². The van der Waals surface area contributed by atoms with Gasteiger partial charge in [0.05, 0.1) is 5.92 Å². The molecular weight excluding hydrogens is 178 g/mol. The number of nitrogens with one attached hydrogen (secondary N) is 1. The topological polar surface area (TPSA) is 49.3 Å². The molecule has 0 radical (unpaired) electrons. The van der Waals surface area contributed by atoms with Crippen molar-refractivity contribution in [3.8, 4) is 0 Å². The standard InChI is InChI=1S/C11H13NO2/c1-7-10(11(13)14)9-5-3-2-4-8(9)6-12-7/h2-5,7,10,12H,6H2,1H3,(H,13,14). The van der Waals surface area contributed by atoms with Gasteiger partial charge in [-0.1, -0.05) is 24.3 Å². The van der Waals surface area contributed by atoms with Gasteiger partial charge in [-0.2, -0.15) is 0 Å². The second-order valence-electron chi connectivity index (χ2n) is 3.68. The number of carboxylic acid groups (broad SMARTS) is 1. The average molecular weight is 191 g/mol. The number of rotatable bonds is 1. The van der Waals surface area contributed by atoms with Crippen LogP contribution in [0.25, 0.3) is 0 Å². The Hall–Kier alpha value is -1.35. The van der Waals surface area contributed by atoms with Crippen LogP contribution in [0, 0.1) is 0 Å². The van der Waals surface area contributed by atoms with Crippen LogP contribution in [0.3, 0.4) is 0 Å². The summed E-state index contributed by atoms with van der Waals surface area (Å²) < 4.78 is 0. The van der Waals surface area contributed by atoms with Crippen LogP contribution in [0.2, 0.25) is 0 Å². The van der Waals surface area contributed by atoms with Gasteiger partial charge in [0, 0.05) is 12.6 Å². The van der Waals surface area contributed by atoms with Gasteiger partial charge in [0.15, 0.2) is 0 Å². The van der Waals surface area contributed by atoms with E-state index in [0.717, 1.165) is 17.7 Å². The third-order valence-corrected chi connectivity index (χ3v) is 2.77. The zero-order valence-corrected chi connectivity index (χ0v) is 8.03. The summed E-state index contributed by atoms with van der Waals surface area (Å²) in [6, 6.07) is 7.72. The first-order valence-corrected chi connectivity index (χ1v) is 4.74. The molecule has 0 aromatic heterocycles. The highest BCUT2D eigenvalue weighted by Gasteiger charge is 2.31. The number of carbonyl (C=O) groups is 1. The fourth-order valence-electron chi connectivity index (χ4n) is 2.00. The largest absolute Gasteiger partial charge is 0.481 e. The van der Waals surface area contributed by atoms with Crippen molar-refractivity contribution in [3.05, 3.63) is 35.4 Å². The van der Waals surface area contributed by atoms with Crippen LogP contribution in [0.15, 0.2) is 24.3 Å². The van der Waals surface area contributed by atoms with Crippen LogP contribution in [0.1, 0.15) is 24.0 Å². The molecule has 2 unspecified atom stereocenters. The quantitative estimate of drug-likeness (QED) is 0.704. The molecule has 1 aliphatic heterocycles. The Labute approximate surface area is 82.8 Å². The highest BCUT2D eigenvalue weighted by Crippen LogP contribution is 2.27. The van der Waals surface area contributed by atoms with E-state index in [0.29, 0.717) is 0 Å². The third kappa shape index (κ3) is 1.40. The van der Waals surface area contributed by atoms with Crippen LogP contribution in [-0.2, 0) is 11.3 Å². The molecule has 0 saturated heterocycles. The molecule has 0 spiro atoms. The van der Waals surface area contributed by atoms with E-state index in [4.69, 9.17) is 5.11 Å². The summed E-state index contributed by atoms with van der Waals surface area (Å²) in [5.74, 6) is -1.17. The average Bonchev–Trinajstić information content (AvgIpc) is 2.17. The number of hydrogen-bond donors (Lipinski definition) is 2. The van der Waals surface area contributed by atoms with E-state index >= 15 is 0 Å². The highest BCUT2D eigenvalue weighted by atomic mass is 16.4. The second-order valence-corrected chi connectivity index (χ2v) is 3.68. The third-order valence-electron chi connectivity index (χ3n) is 2.77. The summed E-state index contributed by atoms with van der Waals surface area (Å²) in [6.45, 7) is 2.68. The van der Waals surface area contributed by atoms with E-state index in [1.807, 2.05) is 31.2 Å². The van der Waals surface area contributed by atoms with Gasteiger partial charge in [-0.05, 0) is 18.1 Å². The number of fused-ring (bicyclic) bond motifs is 1. The van der Waals surface area contributed by atoms with E-state index in [1.165, 1.54) is 0 Å². The fourth-order valence-corrected chi connectivity index (χ4v) is 2.00. The zero-order valence-electron chi connectivity index (χ0n) is 8.03. The van der Waals surface area contributed by atoms with Crippen LogP contribution in [0.4, 0.5) is 0 Å². The molecule has 0 bridgehead atoms. The van der Waals surface area contributed by atoms with Gasteiger partial charge < -0.3 is 10.4 Å². The molecule has 1 aliphatic rings. The molecule has 2 atom stereocenters. The lowest BCUT2D eigenvalue weighted by Gasteiger charge is -2.29. The minimum Gasteiger partial charge on any atom is -0.481 e. The molecule has 74 valence electrons. The summed E-state index contributed by atoms with van der Waals surface area (Å²) in [6.07, 6.45) is 0. The molecule has 1 aromatic carbocycles. The van der Waals surface area contributed by atoms with Crippen molar-refractivity contribution >= 4 is 5.97 Å². The SMILES string of the molecule is CC1NCc2ccccc2C1C(=O)O. The lowest BCUT2D eigenvalue weighted by Crippen LogP contribution is -2.40. The van der Waals surface area contributed by atoms with Gasteiger partial charge in [0.2, 0.25) is 0 Å².